The first kappa shape index (κ1) is 17.5. The van der Waals surface area contributed by atoms with Crippen molar-refractivity contribution in [3.05, 3.63) is 45.5 Å². The fourth-order valence-corrected chi connectivity index (χ4v) is 3.00. The summed E-state index contributed by atoms with van der Waals surface area (Å²) in [6.07, 6.45) is 2.55. The predicted molar refractivity (Wildman–Crippen MR) is 94.5 cm³/mol. The number of nitrogens with zero attached hydrogens (tertiary/aromatic N) is 3. The van der Waals surface area contributed by atoms with Crippen LogP contribution in [0.25, 0.3) is 0 Å². The molecular weight excluding hydrogens is 320 g/mol. The lowest BCUT2D eigenvalue weighted by atomic mass is 9.78. The van der Waals surface area contributed by atoms with Gasteiger partial charge >= 0.3 is 0 Å². The number of nitrogens with two attached hydrogens (primary N) is 1. The van der Waals surface area contributed by atoms with E-state index in [1.54, 1.807) is 14.0 Å². The van der Waals surface area contributed by atoms with E-state index in [1.165, 1.54) is 6.07 Å². The van der Waals surface area contributed by atoms with Gasteiger partial charge in [0.2, 0.25) is 0 Å². The van der Waals surface area contributed by atoms with Gasteiger partial charge in [-0.1, -0.05) is 0 Å². The lowest BCUT2D eigenvalue weighted by Gasteiger charge is -2.32. The highest BCUT2D eigenvalue weighted by molar-refractivity contribution is 5.38. The number of ether oxygens (including phenoxy) is 1. The van der Waals surface area contributed by atoms with Crippen molar-refractivity contribution in [2.24, 2.45) is 5.73 Å². The molecule has 2 aromatic heterocycles. The molecule has 2 heterocycles. The highest BCUT2D eigenvalue weighted by Crippen LogP contribution is 2.35. The van der Waals surface area contributed by atoms with Gasteiger partial charge in [-0.25, -0.2) is 15.0 Å². The summed E-state index contributed by atoms with van der Waals surface area (Å²) < 4.78 is 5.16. The van der Waals surface area contributed by atoms with Crippen molar-refractivity contribution in [2.45, 2.75) is 44.8 Å². The van der Waals surface area contributed by atoms with Crippen LogP contribution in [0.4, 0.5) is 5.82 Å². The molecule has 0 aliphatic heterocycles. The monoisotopic (exact) mass is 344 g/mol. The average molecular weight is 344 g/mol. The lowest BCUT2D eigenvalue weighted by Crippen LogP contribution is -2.35. The molecule has 2 aromatic rings. The minimum Gasteiger partial charge on any atom is -0.377 e. The molecule has 0 amide bonds. The fraction of sp³-hybridized carbons (Fsp3) is 0.529. The van der Waals surface area contributed by atoms with Crippen LogP contribution in [0.5, 0.6) is 0 Å². The summed E-state index contributed by atoms with van der Waals surface area (Å²) in [5.41, 5.74) is 7.53. The van der Waals surface area contributed by atoms with Gasteiger partial charge in [-0.15, -0.1) is 0 Å². The normalized spacial score (nSPS) is 19.5. The second-order valence-corrected chi connectivity index (χ2v) is 6.45. The highest BCUT2D eigenvalue weighted by Gasteiger charge is 2.29. The first-order chi connectivity index (χ1) is 12.0. The molecule has 0 bridgehead atoms. The first-order valence-electron chi connectivity index (χ1n) is 8.46. The Hall–Kier alpha value is -2.32. The van der Waals surface area contributed by atoms with Crippen LogP contribution in [0, 0.1) is 6.92 Å². The summed E-state index contributed by atoms with van der Waals surface area (Å²) in [5.74, 6) is 2.44. The molecule has 1 saturated carbocycles. The Balaban J connectivity index is 1.67. The number of H-pyrrole nitrogens is 1. The number of aryl methyl sites for hydroxylation is 1. The van der Waals surface area contributed by atoms with Crippen LogP contribution in [0.1, 0.15) is 41.8 Å². The van der Waals surface area contributed by atoms with Crippen LogP contribution < -0.4 is 16.6 Å². The zero-order valence-corrected chi connectivity index (χ0v) is 14.6. The Labute approximate surface area is 146 Å². The molecule has 0 saturated heterocycles. The van der Waals surface area contributed by atoms with Gasteiger partial charge < -0.3 is 20.8 Å². The number of aromatic amines is 1. The number of aromatic nitrogens is 4. The van der Waals surface area contributed by atoms with Crippen molar-refractivity contribution in [2.75, 3.05) is 19.0 Å². The van der Waals surface area contributed by atoms with E-state index in [0.717, 1.165) is 30.0 Å². The summed E-state index contributed by atoms with van der Waals surface area (Å²) in [6, 6.07) is 3.77. The molecule has 0 aromatic carbocycles. The van der Waals surface area contributed by atoms with Gasteiger partial charge in [0.1, 0.15) is 18.2 Å². The van der Waals surface area contributed by atoms with Crippen LogP contribution in [-0.2, 0) is 17.8 Å². The number of hydrogen-bond acceptors (Lipinski definition) is 7. The fourth-order valence-electron chi connectivity index (χ4n) is 3.00. The van der Waals surface area contributed by atoms with Crippen molar-refractivity contribution in [3.8, 4) is 0 Å². The number of hydrogen-bond donors (Lipinski definition) is 3. The van der Waals surface area contributed by atoms with Gasteiger partial charge in [0.15, 0.2) is 5.82 Å². The second-order valence-electron chi connectivity index (χ2n) is 6.45. The van der Waals surface area contributed by atoms with E-state index >= 15 is 0 Å². The second kappa shape index (κ2) is 7.71. The molecule has 3 rings (SSSR count). The molecular formula is C17H24N6O2. The van der Waals surface area contributed by atoms with E-state index in [1.807, 2.05) is 6.07 Å². The van der Waals surface area contributed by atoms with E-state index in [2.05, 4.69) is 25.3 Å². The van der Waals surface area contributed by atoms with Crippen molar-refractivity contribution >= 4 is 5.82 Å². The Morgan fingerprint density at radius 1 is 1.32 bits per heavy atom. The molecule has 8 nitrogen and oxygen atoms in total. The minimum absolute atomic E-state index is 0.129. The number of anilines is 1. The van der Waals surface area contributed by atoms with Crippen molar-refractivity contribution < 1.29 is 4.74 Å². The summed E-state index contributed by atoms with van der Waals surface area (Å²) >= 11 is 0. The summed E-state index contributed by atoms with van der Waals surface area (Å²) in [6.45, 7) is 2.77. The standard InChI is InChI=1S/C17H24N6O2/c1-10-20-13(7-17(24)21-10)3-4-19-15-8-14(11-5-12(18)6-11)22-16(23-15)9-25-2/h7-8,11-12H,3-6,9,18H2,1-2H3,(H,19,22,23)(H,20,21,24). The van der Waals surface area contributed by atoms with Crippen LogP contribution in [0.15, 0.2) is 16.9 Å². The Morgan fingerprint density at radius 3 is 2.80 bits per heavy atom. The van der Waals surface area contributed by atoms with Gasteiger partial charge in [-0.05, 0) is 19.8 Å². The maximum absolute atomic E-state index is 11.5. The zero-order valence-electron chi connectivity index (χ0n) is 14.6. The quantitative estimate of drug-likeness (QED) is 0.682. The zero-order chi connectivity index (χ0) is 17.8. The van der Waals surface area contributed by atoms with Crippen molar-refractivity contribution in [1.29, 1.82) is 0 Å². The Bertz CT molecular complexity index is 785. The number of methoxy groups -OCH3 is 1. The van der Waals surface area contributed by atoms with E-state index in [9.17, 15) is 4.79 Å². The predicted octanol–water partition coefficient (Wildman–Crippen LogP) is 0.874. The van der Waals surface area contributed by atoms with E-state index < -0.39 is 0 Å². The topological polar surface area (TPSA) is 119 Å². The third-order valence-electron chi connectivity index (χ3n) is 4.26. The molecule has 0 radical (unpaired) electrons. The molecule has 0 unspecified atom stereocenters. The molecule has 25 heavy (non-hydrogen) atoms. The molecule has 0 spiro atoms. The molecule has 4 N–H and O–H groups in total. The molecule has 1 aliphatic rings. The van der Waals surface area contributed by atoms with Crippen LogP contribution in [0.2, 0.25) is 0 Å². The Kier molecular flexibility index (Phi) is 5.40. The maximum Gasteiger partial charge on any atom is 0.251 e. The maximum atomic E-state index is 11.5. The van der Waals surface area contributed by atoms with E-state index in [0.29, 0.717) is 37.1 Å². The number of nitrogens with one attached hydrogen (secondary N) is 2. The molecule has 0 atom stereocenters. The summed E-state index contributed by atoms with van der Waals surface area (Å²) in [7, 11) is 1.63. The SMILES string of the molecule is COCc1nc(NCCc2cc(=O)[nH]c(C)n2)cc(C2CC(N)C2)n1. The first-order valence-corrected chi connectivity index (χ1v) is 8.46. The third kappa shape index (κ3) is 4.61. The minimum atomic E-state index is -0.129. The van der Waals surface area contributed by atoms with Gasteiger partial charge in [-0.3, -0.25) is 4.79 Å². The van der Waals surface area contributed by atoms with Crippen LogP contribution >= 0.6 is 0 Å². The van der Waals surface area contributed by atoms with Gasteiger partial charge in [0.05, 0.1) is 0 Å². The van der Waals surface area contributed by atoms with Crippen molar-refractivity contribution in [3.63, 3.8) is 0 Å². The molecule has 1 fully saturated rings. The van der Waals surface area contributed by atoms with Crippen LogP contribution in [0.3, 0.4) is 0 Å². The van der Waals surface area contributed by atoms with Crippen molar-refractivity contribution in [1.82, 2.24) is 19.9 Å². The summed E-state index contributed by atoms with van der Waals surface area (Å²) in [5, 5.41) is 3.30. The van der Waals surface area contributed by atoms with Gasteiger partial charge in [0, 0.05) is 55.6 Å². The molecule has 8 heteroatoms. The summed E-state index contributed by atoms with van der Waals surface area (Å²) in [4.78, 5) is 27.5. The highest BCUT2D eigenvalue weighted by atomic mass is 16.5. The Morgan fingerprint density at radius 2 is 2.12 bits per heavy atom. The molecule has 134 valence electrons. The largest absolute Gasteiger partial charge is 0.377 e. The van der Waals surface area contributed by atoms with Gasteiger partial charge in [0.25, 0.3) is 5.56 Å². The smallest absolute Gasteiger partial charge is 0.251 e. The lowest BCUT2D eigenvalue weighted by molar-refractivity contribution is 0.177. The van der Waals surface area contributed by atoms with E-state index in [-0.39, 0.29) is 11.6 Å². The molecule has 1 aliphatic carbocycles. The number of rotatable bonds is 7. The van der Waals surface area contributed by atoms with E-state index in [4.69, 9.17) is 10.5 Å². The van der Waals surface area contributed by atoms with Gasteiger partial charge in [-0.2, -0.15) is 0 Å². The third-order valence-corrected chi connectivity index (χ3v) is 4.26. The average Bonchev–Trinajstić information content (AvgIpc) is 2.51. The van der Waals surface area contributed by atoms with Crippen LogP contribution in [-0.4, -0.2) is 39.6 Å².